The molecule has 2 atom stereocenters. The fourth-order valence-corrected chi connectivity index (χ4v) is 7.38. The first kappa shape index (κ1) is 43.7. The maximum atomic E-state index is 8.09. The maximum Gasteiger partial charge on any atom is 0.181 e. The molecule has 6 fully saturated rings. The largest absolute Gasteiger partial charge is 0.388 e. The summed E-state index contributed by atoms with van der Waals surface area (Å²) in [6, 6.07) is 0. The van der Waals surface area contributed by atoms with E-state index in [0.717, 1.165) is 50.1 Å². The van der Waals surface area contributed by atoms with Gasteiger partial charge in [0, 0.05) is 27.9 Å². The topological polar surface area (TPSA) is 82.2 Å². The zero-order valence-electron chi connectivity index (χ0n) is 31.3. The fraction of sp³-hybridized carbons (Fsp3) is 1.00. The Bertz CT molecular complexity index is 523. The molecule has 0 spiro atoms. The average molecular weight is 659 g/mol. The molecule has 0 aromatic rings. The van der Waals surface area contributed by atoms with Gasteiger partial charge in [0.25, 0.3) is 0 Å². The Hall–Kier alpha value is -0.280. The van der Waals surface area contributed by atoms with Crippen LogP contribution in [0, 0.1) is 29.6 Å². The van der Waals surface area contributed by atoms with Crippen LogP contribution in [0.1, 0.15) is 149 Å². The van der Waals surface area contributed by atoms with Crippen molar-refractivity contribution in [2.45, 2.75) is 162 Å². The second kappa shape index (κ2) is 30.8. The van der Waals surface area contributed by atoms with Crippen molar-refractivity contribution in [3.05, 3.63) is 0 Å². The van der Waals surface area contributed by atoms with Gasteiger partial charge in [0.1, 0.15) is 19.5 Å². The molecule has 7 heteroatoms. The summed E-state index contributed by atoms with van der Waals surface area (Å²) in [4.78, 5) is 0. The smallest absolute Gasteiger partial charge is 0.181 e. The van der Waals surface area contributed by atoms with Crippen molar-refractivity contribution >= 4 is 0 Å². The molecule has 2 saturated heterocycles. The predicted octanol–water partition coefficient (Wildman–Crippen LogP) is 9.58. The number of epoxide rings is 2. The highest BCUT2D eigenvalue weighted by atomic mass is 16.8. The van der Waals surface area contributed by atoms with Crippen molar-refractivity contribution in [2.75, 3.05) is 61.2 Å². The van der Waals surface area contributed by atoms with Gasteiger partial charge < -0.3 is 33.5 Å². The van der Waals surface area contributed by atoms with Crippen LogP contribution < -0.4 is 0 Å². The van der Waals surface area contributed by atoms with E-state index in [1.807, 2.05) is 20.8 Å². The van der Waals surface area contributed by atoms with Gasteiger partial charge in [-0.3, -0.25) is 0 Å². The van der Waals surface area contributed by atoms with Crippen LogP contribution in [0.2, 0.25) is 0 Å². The minimum atomic E-state index is -0.155. The standard InChI is InChI=1S/2C12H22.C5H12O2.2C4H8O2.C2H6O/c2*1-3-7-11(8-4-1)12-9-5-2-6-10-12;1-5(2)3-7-4-6;1-5-2-4-3-6-4;1-2-5-4-3-6-4;1-3-2/h2*11-12H,1-10H2;5-6H,3-4H2,1-2H3;2*4H,2-3H2,1H3;1-2H3. The Morgan fingerprint density at radius 2 is 0.957 bits per heavy atom. The lowest BCUT2D eigenvalue weighted by atomic mass is 9.73. The number of rotatable bonds is 9. The Balaban J connectivity index is 0.000000291. The van der Waals surface area contributed by atoms with Crippen LogP contribution in [0.15, 0.2) is 0 Å². The van der Waals surface area contributed by atoms with E-state index >= 15 is 0 Å². The van der Waals surface area contributed by atoms with Crippen molar-refractivity contribution in [1.82, 2.24) is 0 Å². The van der Waals surface area contributed by atoms with Crippen LogP contribution >= 0.6 is 0 Å². The third kappa shape index (κ3) is 25.7. The van der Waals surface area contributed by atoms with E-state index < -0.39 is 0 Å². The molecule has 4 saturated carbocycles. The number of methoxy groups -OCH3 is 2. The molecular formula is C39H78O7. The fourth-order valence-electron chi connectivity index (χ4n) is 7.38. The van der Waals surface area contributed by atoms with Crippen LogP contribution in [0.25, 0.3) is 0 Å². The van der Waals surface area contributed by atoms with Gasteiger partial charge in [-0.25, -0.2) is 0 Å². The van der Waals surface area contributed by atoms with Crippen LogP contribution in [0.5, 0.6) is 0 Å². The summed E-state index contributed by atoms with van der Waals surface area (Å²) in [5.41, 5.74) is 0. The van der Waals surface area contributed by atoms with Crippen molar-refractivity contribution in [2.24, 2.45) is 29.6 Å². The van der Waals surface area contributed by atoms with Crippen LogP contribution in [-0.4, -0.2) is 78.7 Å². The summed E-state index contributed by atoms with van der Waals surface area (Å²) in [6.07, 6.45) is 31.4. The summed E-state index contributed by atoms with van der Waals surface area (Å²) in [7, 11) is 4.93. The van der Waals surface area contributed by atoms with Crippen molar-refractivity contribution in [1.29, 1.82) is 0 Å². The van der Waals surface area contributed by atoms with Gasteiger partial charge in [0.15, 0.2) is 6.29 Å². The van der Waals surface area contributed by atoms with Crippen LogP contribution in [-0.2, 0) is 28.4 Å². The molecule has 6 aliphatic rings. The van der Waals surface area contributed by atoms with E-state index in [9.17, 15) is 0 Å². The monoisotopic (exact) mass is 659 g/mol. The maximum absolute atomic E-state index is 8.09. The van der Waals surface area contributed by atoms with Gasteiger partial charge in [-0.1, -0.05) is 142 Å². The first-order valence-electron chi connectivity index (χ1n) is 19.4. The Labute approximate surface area is 285 Å². The molecule has 1 N–H and O–H groups in total. The molecule has 2 unspecified atom stereocenters. The highest BCUT2D eigenvalue weighted by Gasteiger charge is 2.26. The first-order valence-corrected chi connectivity index (χ1v) is 19.4. The Kier molecular flexibility index (Phi) is 29.2. The number of aliphatic hydroxyl groups is 1. The first-order chi connectivity index (χ1) is 22.5. The molecule has 7 nitrogen and oxygen atoms in total. The lowest BCUT2D eigenvalue weighted by Gasteiger charge is -2.32. The minimum absolute atomic E-state index is 0.148. The van der Waals surface area contributed by atoms with Gasteiger partial charge in [0.2, 0.25) is 0 Å². The molecule has 46 heavy (non-hydrogen) atoms. The minimum Gasteiger partial charge on any atom is -0.388 e. The van der Waals surface area contributed by atoms with Crippen molar-refractivity contribution in [3.8, 4) is 0 Å². The van der Waals surface area contributed by atoms with Gasteiger partial charge in [-0.05, 0) is 36.5 Å². The third-order valence-electron chi connectivity index (χ3n) is 9.89. The molecule has 6 rings (SSSR count). The second-order valence-corrected chi connectivity index (χ2v) is 14.5. The molecule has 0 aromatic heterocycles. The Morgan fingerprint density at radius 1 is 0.609 bits per heavy atom. The quantitative estimate of drug-likeness (QED) is 0.195. The SMILES string of the molecule is C1CCC(C2CCCCC2)CC1.C1CCC(C2CCCCC2)CC1.CC(C)COCO.CCOC1CO1.COC.COCC1CO1. The summed E-state index contributed by atoms with van der Waals surface area (Å²) >= 11 is 0. The summed E-state index contributed by atoms with van der Waals surface area (Å²) in [5, 5.41) is 8.09. The Morgan fingerprint density at radius 3 is 1.11 bits per heavy atom. The zero-order chi connectivity index (χ0) is 33.7. The molecule has 4 aliphatic carbocycles. The molecule has 0 bridgehead atoms. The lowest BCUT2D eigenvalue weighted by molar-refractivity contribution is -0.0129. The van der Waals surface area contributed by atoms with Gasteiger partial charge in [-0.2, -0.15) is 0 Å². The average Bonchev–Trinajstić information content (AvgIpc) is 4.05. The molecule has 276 valence electrons. The third-order valence-corrected chi connectivity index (χ3v) is 9.89. The van der Waals surface area contributed by atoms with Crippen molar-refractivity contribution < 1.29 is 33.5 Å². The number of hydrogen-bond donors (Lipinski definition) is 1. The van der Waals surface area contributed by atoms with Gasteiger partial charge in [0.05, 0.1) is 19.8 Å². The predicted molar refractivity (Wildman–Crippen MR) is 190 cm³/mol. The van der Waals surface area contributed by atoms with Gasteiger partial charge >= 0.3 is 0 Å². The number of hydrogen-bond acceptors (Lipinski definition) is 7. The van der Waals surface area contributed by atoms with Gasteiger partial charge in [-0.15, -0.1) is 0 Å². The van der Waals surface area contributed by atoms with Crippen LogP contribution in [0.3, 0.4) is 0 Å². The normalized spacial score (nSPS) is 25.0. The molecule has 2 aliphatic heterocycles. The molecule has 0 amide bonds. The van der Waals surface area contributed by atoms with E-state index in [-0.39, 0.29) is 13.1 Å². The van der Waals surface area contributed by atoms with E-state index in [2.05, 4.69) is 9.47 Å². The summed E-state index contributed by atoms with van der Waals surface area (Å²) < 4.78 is 28.1. The van der Waals surface area contributed by atoms with Crippen LogP contribution in [0.4, 0.5) is 0 Å². The number of aliphatic hydroxyl groups excluding tert-OH is 1. The zero-order valence-corrected chi connectivity index (χ0v) is 31.3. The highest BCUT2D eigenvalue weighted by Crippen LogP contribution is 2.39. The second-order valence-electron chi connectivity index (χ2n) is 14.5. The lowest BCUT2D eigenvalue weighted by Crippen LogP contribution is -2.20. The summed E-state index contributed by atoms with van der Waals surface area (Å²) in [6.45, 7) is 9.76. The highest BCUT2D eigenvalue weighted by molar-refractivity contribution is 4.77. The van der Waals surface area contributed by atoms with E-state index in [0.29, 0.717) is 18.6 Å². The van der Waals surface area contributed by atoms with E-state index in [1.54, 1.807) is 72.7 Å². The molecular weight excluding hydrogens is 580 g/mol. The molecule has 0 radical (unpaired) electrons. The van der Waals surface area contributed by atoms with E-state index in [1.165, 1.54) is 77.0 Å². The summed E-state index contributed by atoms with van der Waals surface area (Å²) in [5.74, 6) is 5.07. The number of ether oxygens (including phenoxy) is 6. The molecule has 2 heterocycles. The van der Waals surface area contributed by atoms with E-state index in [4.69, 9.17) is 24.1 Å². The van der Waals surface area contributed by atoms with Crippen molar-refractivity contribution in [3.63, 3.8) is 0 Å². The molecule has 0 aromatic carbocycles.